The van der Waals surface area contributed by atoms with E-state index in [1.165, 1.54) is 0 Å². The topological polar surface area (TPSA) is 125 Å². The molecule has 0 spiro atoms. The molecule has 1 saturated heterocycles. The SMILES string of the molecule is O=C1CCC(N2C(=O)C=C(Nc3cccc([C@@H]4C[C@H]4C(=O)Nc4ccc(C(F)(F)F)c(Cl)c4)c3)C2=O)C(=O)N1. The minimum Gasteiger partial charge on any atom is -0.351 e. The van der Waals surface area contributed by atoms with Crippen molar-refractivity contribution in [3.8, 4) is 0 Å². The average molecular weight is 561 g/mol. The molecule has 0 aromatic heterocycles. The van der Waals surface area contributed by atoms with Crippen LogP contribution in [0.4, 0.5) is 24.5 Å². The van der Waals surface area contributed by atoms with E-state index in [0.29, 0.717) is 12.1 Å². The van der Waals surface area contributed by atoms with Gasteiger partial charge in [-0.1, -0.05) is 23.7 Å². The van der Waals surface area contributed by atoms with Crippen LogP contribution in [-0.4, -0.2) is 40.5 Å². The van der Waals surface area contributed by atoms with Crippen LogP contribution in [0.15, 0.2) is 54.2 Å². The average Bonchev–Trinajstić information content (AvgIpc) is 3.61. The Morgan fingerprint density at radius 1 is 1.05 bits per heavy atom. The van der Waals surface area contributed by atoms with Crippen molar-refractivity contribution >= 4 is 52.5 Å². The van der Waals surface area contributed by atoms with E-state index in [2.05, 4.69) is 16.0 Å². The molecule has 1 saturated carbocycles. The molecule has 0 radical (unpaired) electrons. The van der Waals surface area contributed by atoms with Crippen LogP contribution >= 0.6 is 11.6 Å². The number of rotatable bonds is 6. The number of anilines is 2. The van der Waals surface area contributed by atoms with Crippen LogP contribution in [0.1, 0.15) is 36.3 Å². The van der Waals surface area contributed by atoms with Crippen molar-refractivity contribution in [1.82, 2.24) is 10.2 Å². The molecule has 0 bridgehead atoms. The lowest BCUT2D eigenvalue weighted by atomic mass is 10.0. The van der Waals surface area contributed by atoms with Crippen molar-refractivity contribution in [1.29, 1.82) is 0 Å². The maximum absolute atomic E-state index is 12.9. The van der Waals surface area contributed by atoms with Crippen molar-refractivity contribution < 1.29 is 37.1 Å². The van der Waals surface area contributed by atoms with E-state index in [0.717, 1.165) is 34.7 Å². The summed E-state index contributed by atoms with van der Waals surface area (Å²) in [7, 11) is 0. The molecular weight excluding hydrogens is 541 g/mol. The maximum Gasteiger partial charge on any atom is 0.417 e. The van der Waals surface area contributed by atoms with Crippen molar-refractivity contribution in [3.05, 3.63) is 70.4 Å². The number of nitrogens with zero attached hydrogens (tertiary/aromatic N) is 1. The van der Waals surface area contributed by atoms with Gasteiger partial charge < -0.3 is 10.6 Å². The number of alkyl halides is 3. The summed E-state index contributed by atoms with van der Waals surface area (Å²) in [6.45, 7) is 0. The molecule has 5 amide bonds. The van der Waals surface area contributed by atoms with E-state index in [1.807, 2.05) is 0 Å². The van der Waals surface area contributed by atoms with Gasteiger partial charge in [-0.05, 0) is 54.7 Å². The number of halogens is 4. The van der Waals surface area contributed by atoms with Crippen LogP contribution in [0, 0.1) is 5.92 Å². The molecule has 39 heavy (non-hydrogen) atoms. The van der Waals surface area contributed by atoms with Gasteiger partial charge in [0.05, 0.1) is 10.6 Å². The maximum atomic E-state index is 12.9. The zero-order valence-electron chi connectivity index (χ0n) is 20.0. The zero-order chi connectivity index (χ0) is 28.1. The fraction of sp³-hybridized carbons (Fsp3) is 0.269. The Balaban J connectivity index is 1.22. The highest BCUT2D eigenvalue weighted by Crippen LogP contribution is 2.48. The number of nitrogens with one attached hydrogen (secondary N) is 3. The molecule has 2 heterocycles. The third kappa shape index (κ3) is 5.37. The lowest BCUT2D eigenvalue weighted by molar-refractivity contribution is -0.149. The second-order valence-corrected chi connectivity index (χ2v) is 9.83. The second kappa shape index (κ2) is 9.84. The van der Waals surface area contributed by atoms with Gasteiger partial charge in [0.1, 0.15) is 11.7 Å². The summed E-state index contributed by atoms with van der Waals surface area (Å²) < 4.78 is 38.7. The molecule has 202 valence electrons. The van der Waals surface area contributed by atoms with Crippen molar-refractivity contribution in [2.24, 2.45) is 5.92 Å². The van der Waals surface area contributed by atoms with Gasteiger partial charge >= 0.3 is 6.18 Å². The highest BCUT2D eigenvalue weighted by Gasteiger charge is 2.45. The molecule has 2 aliphatic heterocycles. The van der Waals surface area contributed by atoms with E-state index in [1.54, 1.807) is 24.3 Å². The lowest BCUT2D eigenvalue weighted by Crippen LogP contribution is -2.54. The number of benzene rings is 2. The van der Waals surface area contributed by atoms with E-state index < -0.39 is 52.4 Å². The highest BCUT2D eigenvalue weighted by atomic mass is 35.5. The van der Waals surface area contributed by atoms with E-state index >= 15 is 0 Å². The number of hydrogen-bond acceptors (Lipinski definition) is 6. The number of carbonyl (C=O) groups is 5. The van der Waals surface area contributed by atoms with E-state index in [4.69, 9.17) is 11.6 Å². The molecule has 9 nitrogen and oxygen atoms in total. The summed E-state index contributed by atoms with van der Waals surface area (Å²) in [5, 5.41) is 7.09. The predicted octanol–water partition coefficient (Wildman–Crippen LogP) is 3.57. The monoisotopic (exact) mass is 560 g/mol. The number of amides is 5. The molecule has 2 fully saturated rings. The Kier molecular flexibility index (Phi) is 6.67. The Hall–Kier alpha value is -4.19. The van der Waals surface area contributed by atoms with Crippen LogP contribution in [-0.2, 0) is 30.1 Å². The van der Waals surface area contributed by atoms with Gasteiger partial charge in [-0.3, -0.25) is 34.2 Å². The standard InChI is InChI=1S/C26H20ClF3N4O5/c27-18-9-14(4-5-17(18)26(28,29)30)32-23(37)16-10-15(16)12-2-1-3-13(8-12)31-19-11-22(36)34(25(19)39)20-6-7-21(35)33-24(20)38/h1-5,8-9,11,15-16,20,31H,6-7,10H2,(H,32,37)(H,33,35,38)/t15-,16+,20?/m0/s1. The summed E-state index contributed by atoms with van der Waals surface area (Å²) in [5.74, 6) is -3.48. The Morgan fingerprint density at radius 3 is 2.51 bits per heavy atom. The summed E-state index contributed by atoms with van der Waals surface area (Å²) in [5.41, 5.74) is 0.381. The van der Waals surface area contributed by atoms with Gasteiger partial charge in [-0.25, -0.2) is 0 Å². The van der Waals surface area contributed by atoms with Crippen molar-refractivity contribution in [2.45, 2.75) is 37.4 Å². The van der Waals surface area contributed by atoms with Crippen molar-refractivity contribution in [2.75, 3.05) is 10.6 Å². The van der Waals surface area contributed by atoms with E-state index in [-0.39, 0.29) is 36.1 Å². The van der Waals surface area contributed by atoms with Gasteiger partial charge in [0.2, 0.25) is 17.7 Å². The fourth-order valence-corrected chi connectivity index (χ4v) is 5.00. The summed E-state index contributed by atoms with van der Waals surface area (Å²) in [4.78, 5) is 62.4. The Morgan fingerprint density at radius 2 is 1.82 bits per heavy atom. The second-order valence-electron chi connectivity index (χ2n) is 9.42. The van der Waals surface area contributed by atoms with Gasteiger partial charge in [-0.15, -0.1) is 0 Å². The number of piperidine rings is 1. The summed E-state index contributed by atoms with van der Waals surface area (Å²) in [6, 6.07) is 8.82. The number of hydrogen-bond donors (Lipinski definition) is 3. The molecular formula is C26H20ClF3N4O5. The molecule has 1 unspecified atom stereocenters. The first-order valence-corrected chi connectivity index (χ1v) is 12.3. The fourth-order valence-electron chi connectivity index (χ4n) is 4.71. The molecule has 5 rings (SSSR count). The molecule has 2 aromatic rings. The molecule has 3 N–H and O–H groups in total. The molecule has 13 heteroatoms. The van der Waals surface area contributed by atoms with Crippen LogP contribution in [0.3, 0.4) is 0 Å². The molecule has 3 aliphatic rings. The molecule has 1 aliphatic carbocycles. The van der Waals surface area contributed by atoms with Crippen LogP contribution < -0.4 is 16.0 Å². The highest BCUT2D eigenvalue weighted by molar-refractivity contribution is 6.31. The van der Waals surface area contributed by atoms with Gasteiger partial charge in [0, 0.05) is 29.8 Å². The van der Waals surface area contributed by atoms with Crippen molar-refractivity contribution in [3.63, 3.8) is 0 Å². The minimum atomic E-state index is -4.60. The quantitative estimate of drug-likeness (QED) is 0.464. The molecule has 3 atom stereocenters. The van der Waals surface area contributed by atoms with Gasteiger partial charge in [0.15, 0.2) is 0 Å². The summed E-state index contributed by atoms with van der Waals surface area (Å²) >= 11 is 5.73. The first-order chi connectivity index (χ1) is 18.4. The lowest BCUT2D eigenvalue weighted by Gasteiger charge is -2.28. The van der Waals surface area contributed by atoms with E-state index in [9.17, 15) is 37.1 Å². The first-order valence-electron chi connectivity index (χ1n) is 11.9. The Bertz CT molecular complexity index is 1460. The van der Waals surface area contributed by atoms with Crippen LogP contribution in [0.25, 0.3) is 0 Å². The minimum absolute atomic E-state index is 0.0142. The first kappa shape index (κ1) is 26.4. The third-order valence-electron chi connectivity index (χ3n) is 6.74. The number of carbonyl (C=O) groups excluding carboxylic acids is 5. The molecule has 2 aromatic carbocycles. The Labute approximate surface area is 224 Å². The predicted molar refractivity (Wildman–Crippen MR) is 132 cm³/mol. The van der Waals surface area contributed by atoms with Gasteiger partial charge in [0.25, 0.3) is 11.8 Å². The van der Waals surface area contributed by atoms with Crippen LogP contribution in [0.5, 0.6) is 0 Å². The zero-order valence-corrected chi connectivity index (χ0v) is 20.7. The van der Waals surface area contributed by atoms with Crippen LogP contribution in [0.2, 0.25) is 5.02 Å². The third-order valence-corrected chi connectivity index (χ3v) is 7.05. The smallest absolute Gasteiger partial charge is 0.351 e. The number of imide groups is 2. The normalized spacial score (nSPS) is 22.9. The summed E-state index contributed by atoms with van der Waals surface area (Å²) in [6.07, 6.45) is -2.95. The van der Waals surface area contributed by atoms with Gasteiger partial charge in [-0.2, -0.15) is 13.2 Å². The largest absolute Gasteiger partial charge is 0.417 e.